The fraction of sp³-hybridized carbons (Fsp3) is 1.00. The molecule has 4 rings (SSSR count). The van der Waals surface area contributed by atoms with Crippen molar-refractivity contribution in [2.75, 3.05) is 0 Å². The van der Waals surface area contributed by atoms with Gasteiger partial charge in [0.25, 0.3) is 0 Å². The molecule has 0 amide bonds. The van der Waals surface area contributed by atoms with E-state index < -0.39 is 5.03 Å². The smallest absolute Gasteiger partial charge is 0.177 e. The van der Waals surface area contributed by atoms with E-state index in [-0.39, 0.29) is 5.54 Å². The van der Waals surface area contributed by atoms with E-state index in [9.17, 15) is 10.1 Å². The summed E-state index contributed by atoms with van der Waals surface area (Å²) in [6, 6.07) is 0. The van der Waals surface area contributed by atoms with Gasteiger partial charge in [-0.3, -0.25) is 0 Å². The van der Waals surface area contributed by atoms with Gasteiger partial charge in [0, 0.05) is 0 Å². The predicted octanol–water partition coefficient (Wildman–Crippen LogP) is 2.60. The van der Waals surface area contributed by atoms with E-state index in [2.05, 4.69) is 0 Å². The highest BCUT2D eigenvalue weighted by atomic mass is 35.5. The van der Waals surface area contributed by atoms with Gasteiger partial charge in [0.2, 0.25) is 0 Å². The lowest BCUT2D eigenvalue weighted by atomic mass is 9.53. The molecule has 5 heteroatoms. The minimum absolute atomic E-state index is 0.320. The van der Waals surface area contributed by atoms with Crippen LogP contribution in [0.1, 0.15) is 38.5 Å². The lowest BCUT2D eigenvalue weighted by Crippen LogP contribution is -2.58. The van der Waals surface area contributed by atoms with Crippen molar-refractivity contribution in [1.82, 2.24) is 4.53 Å². The maximum atomic E-state index is 10.8. The average Bonchev–Trinajstić information content (AvgIpc) is 2.14. The molecule has 0 aliphatic heterocycles. The Morgan fingerprint density at radius 1 is 1.13 bits per heavy atom. The summed E-state index contributed by atoms with van der Waals surface area (Å²) in [4.78, 5) is 10.8. The van der Waals surface area contributed by atoms with Crippen LogP contribution < -0.4 is 0 Å². The van der Waals surface area contributed by atoms with Gasteiger partial charge in [0.1, 0.15) is 5.54 Å². The molecule has 84 valence electrons. The molecule has 0 aromatic rings. The predicted molar refractivity (Wildman–Crippen MR) is 55.6 cm³/mol. The molecule has 15 heavy (non-hydrogen) atoms. The highest BCUT2D eigenvalue weighted by Gasteiger charge is 2.57. The summed E-state index contributed by atoms with van der Waals surface area (Å²) in [6.07, 6.45) is 6.64. The molecule has 0 saturated heterocycles. The molecule has 4 aliphatic carbocycles. The molecule has 4 saturated carbocycles. The summed E-state index contributed by atoms with van der Waals surface area (Å²) in [5, 5.41) is 10.4. The van der Waals surface area contributed by atoms with Gasteiger partial charge in [-0.25, -0.2) is 10.1 Å². The third-order valence-electron chi connectivity index (χ3n) is 4.54. The van der Waals surface area contributed by atoms with Crippen molar-refractivity contribution < 1.29 is 5.03 Å². The average molecular weight is 231 g/mol. The van der Waals surface area contributed by atoms with Crippen LogP contribution in [0.15, 0.2) is 0 Å². The Bertz CT molecular complexity index is 273. The van der Waals surface area contributed by atoms with E-state index in [0.717, 1.165) is 23.8 Å². The number of hydrogen-bond donors (Lipinski definition) is 0. The van der Waals surface area contributed by atoms with E-state index in [0.29, 0.717) is 17.8 Å². The second-order valence-corrected chi connectivity index (χ2v) is 5.96. The van der Waals surface area contributed by atoms with Crippen LogP contribution in [0.25, 0.3) is 0 Å². The quantitative estimate of drug-likeness (QED) is 0.416. The second-order valence-electron chi connectivity index (χ2n) is 5.64. The monoisotopic (exact) mass is 230 g/mol. The number of hydrazine groups is 1. The zero-order valence-electron chi connectivity index (χ0n) is 8.56. The highest BCUT2D eigenvalue weighted by molar-refractivity contribution is 6.12. The van der Waals surface area contributed by atoms with E-state index in [1.807, 2.05) is 0 Å². The first-order chi connectivity index (χ1) is 7.09. The van der Waals surface area contributed by atoms with Crippen LogP contribution in [0.3, 0.4) is 0 Å². The van der Waals surface area contributed by atoms with Crippen LogP contribution in [-0.2, 0) is 0 Å². The minimum Gasteiger partial charge on any atom is -0.234 e. The first kappa shape index (κ1) is 9.70. The maximum Gasteiger partial charge on any atom is 0.177 e. The molecule has 4 fully saturated rings. The summed E-state index contributed by atoms with van der Waals surface area (Å²) in [7, 11) is 0. The first-order valence-electron chi connectivity index (χ1n) is 5.69. The van der Waals surface area contributed by atoms with Crippen LogP contribution in [0.5, 0.6) is 0 Å². The van der Waals surface area contributed by atoms with E-state index in [1.54, 1.807) is 0 Å². The van der Waals surface area contributed by atoms with E-state index in [4.69, 9.17) is 11.8 Å². The van der Waals surface area contributed by atoms with Gasteiger partial charge in [-0.15, -0.1) is 0 Å². The SMILES string of the molecule is O=[N+]([O-])N(Cl)C12CC3CC(CC(C3)C1)C2. The van der Waals surface area contributed by atoms with Gasteiger partial charge in [0.05, 0.1) is 11.8 Å². The van der Waals surface area contributed by atoms with Crippen molar-refractivity contribution in [2.24, 2.45) is 17.8 Å². The Hall–Kier alpha value is -0.510. The molecule has 0 radical (unpaired) electrons. The maximum absolute atomic E-state index is 10.8. The Balaban J connectivity index is 1.89. The van der Waals surface area contributed by atoms with Gasteiger partial charge in [-0.2, -0.15) is 0 Å². The van der Waals surface area contributed by atoms with Crippen LogP contribution in [-0.4, -0.2) is 15.1 Å². The normalized spacial score (nSPS) is 46.9. The molecule has 0 unspecified atom stereocenters. The van der Waals surface area contributed by atoms with Crippen LogP contribution in [0, 0.1) is 27.9 Å². The third-order valence-corrected chi connectivity index (χ3v) is 5.02. The zero-order valence-corrected chi connectivity index (χ0v) is 9.32. The first-order valence-corrected chi connectivity index (χ1v) is 6.03. The molecule has 0 N–H and O–H groups in total. The van der Waals surface area contributed by atoms with Crippen molar-refractivity contribution in [2.45, 2.75) is 44.1 Å². The van der Waals surface area contributed by atoms with Gasteiger partial charge in [0.15, 0.2) is 5.03 Å². The van der Waals surface area contributed by atoms with Crippen molar-refractivity contribution in [1.29, 1.82) is 0 Å². The Morgan fingerprint density at radius 2 is 1.53 bits per heavy atom. The molecule has 0 atom stereocenters. The molecular weight excluding hydrogens is 216 g/mol. The second kappa shape index (κ2) is 3.00. The minimum atomic E-state index is -0.436. The van der Waals surface area contributed by atoms with Crippen LogP contribution >= 0.6 is 11.8 Å². The van der Waals surface area contributed by atoms with Crippen LogP contribution in [0.2, 0.25) is 0 Å². The molecule has 0 aromatic heterocycles. The number of rotatable bonds is 2. The summed E-state index contributed by atoms with van der Waals surface area (Å²) in [5.74, 6) is 2.08. The Labute approximate surface area is 93.8 Å². The molecule has 4 aliphatic rings. The lowest BCUT2D eigenvalue weighted by molar-refractivity contribution is -0.645. The van der Waals surface area contributed by atoms with Crippen molar-refractivity contribution in [3.8, 4) is 0 Å². The van der Waals surface area contributed by atoms with Gasteiger partial charge < -0.3 is 0 Å². The summed E-state index contributed by atoms with van der Waals surface area (Å²) >= 11 is 5.87. The third kappa shape index (κ3) is 1.34. The molecule has 0 heterocycles. The summed E-state index contributed by atoms with van der Waals surface area (Å²) < 4.78 is 0.900. The van der Waals surface area contributed by atoms with Crippen LogP contribution in [0.4, 0.5) is 0 Å². The van der Waals surface area contributed by atoms with E-state index >= 15 is 0 Å². The zero-order chi connectivity index (χ0) is 10.6. The summed E-state index contributed by atoms with van der Waals surface area (Å²) in [5.41, 5.74) is -0.320. The van der Waals surface area contributed by atoms with Gasteiger partial charge in [-0.1, -0.05) is 0 Å². The van der Waals surface area contributed by atoms with E-state index in [1.165, 1.54) is 19.3 Å². The Morgan fingerprint density at radius 3 is 1.87 bits per heavy atom. The molecule has 4 bridgehead atoms. The topological polar surface area (TPSA) is 46.4 Å². The van der Waals surface area contributed by atoms with Crippen molar-refractivity contribution in [3.05, 3.63) is 10.1 Å². The molecule has 0 spiro atoms. The van der Waals surface area contributed by atoms with Gasteiger partial charge in [-0.05, 0) is 60.8 Å². The fourth-order valence-corrected chi connectivity index (χ4v) is 4.67. The van der Waals surface area contributed by atoms with Crippen molar-refractivity contribution in [3.63, 3.8) is 0 Å². The molecule has 0 aromatic carbocycles. The molecular formula is C10H15ClN2O2. The molecule has 4 nitrogen and oxygen atoms in total. The fourth-order valence-electron chi connectivity index (χ4n) is 4.46. The number of nitrogens with zero attached hydrogens (tertiary/aromatic N) is 2. The lowest BCUT2D eigenvalue weighted by Gasteiger charge is -2.55. The largest absolute Gasteiger partial charge is 0.234 e. The highest BCUT2D eigenvalue weighted by Crippen LogP contribution is 2.58. The number of hydrogen-bond acceptors (Lipinski definition) is 2. The van der Waals surface area contributed by atoms with Gasteiger partial charge >= 0.3 is 0 Å². The Kier molecular flexibility index (Phi) is 1.94. The standard InChI is InChI=1S/C10H15ClN2O2/c11-12(13(14)15)10-4-7-1-8(5-10)3-9(2-7)6-10/h7-9H,1-6H2. The number of nitro groups is 1. The van der Waals surface area contributed by atoms with Crippen molar-refractivity contribution >= 4 is 11.8 Å². The number of halogens is 1. The summed E-state index contributed by atoms with van der Waals surface area (Å²) in [6.45, 7) is 0.